The third kappa shape index (κ3) is 4.57. The van der Waals surface area contributed by atoms with Crippen LogP contribution in [0.25, 0.3) is 0 Å². The fourth-order valence-electron chi connectivity index (χ4n) is 1.22. The fourth-order valence-corrected chi connectivity index (χ4v) is 1.82. The van der Waals surface area contributed by atoms with Gasteiger partial charge in [0.25, 0.3) is 5.91 Å². The summed E-state index contributed by atoms with van der Waals surface area (Å²) in [5.74, 6) is -3.05. The van der Waals surface area contributed by atoms with Gasteiger partial charge in [0.05, 0.1) is 5.56 Å². The summed E-state index contributed by atoms with van der Waals surface area (Å²) in [6.07, 6.45) is -5.10. The Morgan fingerprint density at radius 2 is 2.05 bits per heavy atom. The minimum atomic E-state index is -5.10. The van der Waals surface area contributed by atoms with Crippen LogP contribution in [0.5, 0.6) is 5.75 Å². The van der Waals surface area contributed by atoms with E-state index >= 15 is 0 Å². The number of halogens is 5. The molecule has 1 rings (SSSR count). The van der Waals surface area contributed by atoms with Crippen molar-refractivity contribution in [1.29, 1.82) is 0 Å². The van der Waals surface area contributed by atoms with Gasteiger partial charge >= 0.3 is 6.36 Å². The van der Waals surface area contributed by atoms with Gasteiger partial charge < -0.3 is 10.1 Å². The molecule has 0 aliphatic heterocycles. The topological polar surface area (TPSA) is 38.3 Å². The molecule has 1 aromatic rings. The van der Waals surface area contributed by atoms with E-state index in [2.05, 4.69) is 38.6 Å². The molecule has 1 N–H and O–H groups in total. The number of thiol groups is 1. The third-order valence-electron chi connectivity index (χ3n) is 1.90. The van der Waals surface area contributed by atoms with Crippen LogP contribution < -0.4 is 10.1 Å². The second-order valence-electron chi connectivity index (χ2n) is 3.26. The summed E-state index contributed by atoms with van der Waals surface area (Å²) in [6, 6.07) is 1.88. The van der Waals surface area contributed by atoms with E-state index in [0.29, 0.717) is 0 Å². The molecule has 1 amide bonds. The average molecular weight is 362 g/mol. The van der Waals surface area contributed by atoms with Gasteiger partial charge in [0, 0.05) is 16.8 Å². The first-order valence-corrected chi connectivity index (χ1v) is 6.31. The van der Waals surface area contributed by atoms with Crippen LogP contribution in [0.1, 0.15) is 10.4 Å². The van der Waals surface area contributed by atoms with Gasteiger partial charge in [0.15, 0.2) is 11.6 Å². The fraction of sp³-hybridized carbons (Fsp3) is 0.300. The molecular weight excluding hydrogens is 354 g/mol. The Labute approximate surface area is 119 Å². The highest BCUT2D eigenvalue weighted by molar-refractivity contribution is 9.10. The highest BCUT2D eigenvalue weighted by atomic mass is 79.9. The summed E-state index contributed by atoms with van der Waals surface area (Å²) in [5, 5.41) is 2.28. The first-order valence-electron chi connectivity index (χ1n) is 4.89. The van der Waals surface area contributed by atoms with Crippen molar-refractivity contribution in [1.82, 2.24) is 5.32 Å². The van der Waals surface area contributed by atoms with Crippen molar-refractivity contribution in [2.24, 2.45) is 0 Å². The minimum absolute atomic E-state index is 0.00943. The largest absolute Gasteiger partial charge is 0.573 e. The van der Waals surface area contributed by atoms with E-state index in [0.717, 1.165) is 12.1 Å². The molecule has 0 spiro atoms. The van der Waals surface area contributed by atoms with E-state index < -0.39 is 29.4 Å². The van der Waals surface area contributed by atoms with Crippen LogP contribution in [0.2, 0.25) is 0 Å². The van der Waals surface area contributed by atoms with Crippen LogP contribution in [0, 0.1) is 5.82 Å². The van der Waals surface area contributed by atoms with E-state index in [9.17, 15) is 22.4 Å². The number of carbonyl (C=O) groups is 1. The number of carbonyl (C=O) groups excluding carboxylic acids is 1. The normalized spacial score (nSPS) is 11.3. The zero-order valence-electron chi connectivity index (χ0n) is 9.22. The lowest BCUT2D eigenvalue weighted by molar-refractivity contribution is -0.275. The molecule has 0 heterocycles. The minimum Gasteiger partial charge on any atom is -0.402 e. The first kappa shape index (κ1) is 16.1. The second kappa shape index (κ2) is 6.47. The monoisotopic (exact) mass is 361 g/mol. The van der Waals surface area contributed by atoms with Gasteiger partial charge in [-0.2, -0.15) is 12.6 Å². The maximum absolute atomic E-state index is 13.4. The molecule has 0 radical (unpaired) electrons. The summed E-state index contributed by atoms with van der Waals surface area (Å²) in [5.41, 5.74) is -0.556. The third-order valence-corrected chi connectivity index (χ3v) is 2.79. The molecule has 0 saturated heterocycles. The Bertz CT molecular complexity index is 481. The van der Waals surface area contributed by atoms with E-state index in [-0.39, 0.29) is 16.8 Å². The predicted molar refractivity (Wildman–Crippen MR) is 67.0 cm³/mol. The van der Waals surface area contributed by atoms with Crippen molar-refractivity contribution in [2.45, 2.75) is 6.36 Å². The number of rotatable bonds is 4. The van der Waals surface area contributed by atoms with Crippen LogP contribution >= 0.6 is 28.6 Å². The van der Waals surface area contributed by atoms with Gasteiger partial charge in [0.1, 0.15) is 0 Å². The van der Waals surface area contributed by atoms with Gasteiger partial charge in [-0.05, 0) is 28.1 Å². The molecule has 1 aromatic carbocycles. The van der Waals surface area contributed by atoms with Gasteiger partial charge in [-0.1, -0.05) is 0 Å². The van der Waals surface area contributed by atoms with Crippen molar-refractivity contribution in [3.05, 3.63) is 28.0 Å². The summed E-state index contributed by atoms with van der Waals surface area (Å²) in [4.78, 5) is 11.7. The summed E-state index contributed by atoms with van der Waals surface area (Å²) in [6.45, 7) is 0.121. The van der Waals surface area contributed by atoms with Gasteiger partial charge in [-0.15, -0.1) is 13.2 Å². The van der Waals surface area contributed by atoms with Crippen LogP contribution in [0.15, 0.2) is 16.6 Å². The Kier molecular flexibility index (Phi) is 5.48. The molecule has 0 fully saturated rings. The van der Waals surface area contributed by atoms with E-state index in [4.69, 9.17) is 0 Å². The standard InChI is InChI=1S/C10H8BrF4NO2S/c11-5-1-2-6(12)8(18-10(13,14)15)7(5)9(17)16-3-4-19/h1-2,19H,3-4H2,(H,16,17). The maximum atomic E-state index is 13.4. The van der Waals surface area contributed by atoms with Crippen LogP contribution in [0.3, 0.4) is 0 Å². The highest BCUT2D eigenvalue weighted by Crippen LogP contribution is 2.33. The Balaban J connectivity index is 3.20. The van der Waals surface area contributed by atoms with Gasteiger partial charge in [-0.3, -0.25) is 4.79 Å². The molecule has 0 saturated carbocycles. The predicted octanol–water partition coefficient (Wildman–Crippen LogP) is 3.15. The molecule has 0 aliphatic carbocycles. The highest BCUT2D eigenvalue weighted by Gasteiger charge is 2.35. The van der Waals surface area contributed by atoms with E-state index in [1.165, 1.54) is 0 Å². The van der Waals surface area contributed by atoms with Crippen molar-refractivity contribution in [2.75, 3.05) is 12.3 Å². The molecule has 19 heavy (non-hydrogen) atoms. The van der Waals surface area contributed by atoms with E-state index in [1.54, 1.807) is 0 Å². The maximum Gasteiger partial charge on any atom is 0.573 e. The van der Waals surface area contributed by atoms with Crippen molar-refractivity contribution in [3.8, 4) is 5.75 Å². The number of amides is 1. The summed E-state index contributed by atoms with van der Waals surface area (Å²) in [7, 11) is 0. The van der Waals surface area contributed by atoms with Gasteiger partial charge in [0.2, 0.25) is 0 Å². The molecule has 106 valence electrons. The Morgan fingerprint density at radius 3 is 2.58 bits per heavy atom. The smallest absolute Gasteiger partial charge is 0.402 e. The second-order valence-corrected chi connectivity index (χ2v) is 4.56. The lowest BCUT2D eigenvalue weighted by Gasteiger charge is -2.15. The molecule has 0 bridgehead atoms. The molecule has 3 nitrogen and oxygen atoms in total. The van der Waals surface area contributed by atoms with Crippen LogP contribution in [0.4, 0.5) is 17.6 Å². The lowest BCUT2D eigenvalue weighted by Crippen LogP contribution is -2.28. The zero-order valence-corrected chi connectivity index (χ0v) is 11.7. The number of nitrogens with one attached hydrogen (secondary N) is 1. The molecule has 0 unspecified atom stereocenters. The molecule has 0 atom stereocenters. The van der Waals surface area contributed by atoms with Crippen molar-refractivity contribution in [3.63, 3.8) is 0 Å². The first-order chi connectivity index (χ1) is 8.76. The van der Waals surface area contributed by atoms with Gasteiger partial charge in [-0.25, -0.2) is 4.39 Å². The lowest BCUT2D eigenvalue weighted by atomic mass is 10.2. The molecular formula is C10H8BrF4NO2S. The van der Waals surface area contributed by atoms with Crippen molar-refractivity contribution >= 4 is 34.5 Å². The Morgan fingerprint density at radius 1 is 1.42 bits per heavy atom. The molecule has 0 aliphatic rings. The van der Waals surface area contributed by atoms with Crippen LogP contribution in [-0.2, 0) is 0 Å². The summed E-state index contributed by atoms with van der Waals surface area (Å²) >= 11 is 6.72. The molecule has 0 aromatic heterocycles. The van der Waals surface area contributed by atoms with E-state index in [1.807, 2.05) is 0 Å². The SMILES string of the molecule is O=C(NCCS)c1c(Br)ccc(F)c1OC(F)(F)F. The number of benzene rings is 1. The Hall–Kier alpha value is -0.960. The molecule has 9 heteroatoms. The number of ether oxygens (including phenoxy) is 1. The number of alkyl halides is 3. The average Bonchev–Trinajstić information content (AvgIpc) is 2.29. The van der Waals surface area contributed by atoms with Crippen molar-refractivity contribution < 1.29 is 27.1 Å². The van der Waals surface area contributed by atoms with Crippen LogP contribution in [-0.4, -0.2) is 24.6 Å². The summed E-state index contributed by atoms with van der Waals surface area (Å²) < 4.78 is 53.6. The quantitative estimate of drug-likeness (QED) is 0.638. The zero-order chi connectivity index (χ0) is 14.6. The number of hydrogen-bond donors (Lipinski definition) is 2. The number of hydrogen-bond acceptors (Lipinski definition) is 3.